The number of para-hydroxylation sites is 1. The maximum Gasteiger partial charge on any atom is 0.308 e. The number of benzene rings is 1. The van der Waals surface area contributed by atoms with Crippen LogP contribution in [-0.2, 0) is 11.2 Å². The first-order valence-electron chi connectivity index (χ1n) is 5.90. The van der Waals surface area contributed by atoms with E-state index in [9.17, 15) is 4.79 Å². The van der Waals surface area contributed by atoms with Crippen molar-refractivity contribution in [3.8, 4) is 11.3 Å². The Hall–Kier alpha value is -2.56. The minimum Gasteiger partial charge on any atom is -0.481 e. The van der Waals surface area contributed by atoms with Crippen molar-refractivity contribution in [1.29, 1.82) is 0 Å². The molecular formula is C14H12N2O3. The molecule has 1 aromatic carbocycles. The van der Waals surface area contributed by atoms with Gasteiger partial charge in [0, 0.05) is 28.2 Å². The number of carbonyl (C=O) groups is 1. The molecule has 0 aliphatic heterocycles. The van der Waals surface area contributed by atoms with E-state index in [2.05, 4.69) is 10.1 Å². The zero-order valence-corrected chi connectivity index (χ0v) is 10.3. The number of hydrogen-bond donors (Lipinski definition) is 2. The fourth-order valence-electron chi connectivity index (χ4n) is 2.22. The van der Waals surface area contributed by atoms with Crippen molar-refractivity contribution in [2.75, 3.05) is 0 Å². The smallest absolute Gasteiger partial charge is 0.308 e. The van der Waals surface area contributed by atoms with Crippen LogP contribution in [0.5, 0.6) is 0 Å². The van der Waals surface area contributed by atoms with Crippen LogP contribution < -0.4 is 0 Å². The van der Waals surface area contributed by atoms with Gasteiger partial charge in [-0.15, -0.1) is 0 Å². The molecule has 0 aliphatic carbocycles. The minimum atomic E-state index is -0.896. The van der Waals surface area contributed by atoms with Gasteiger partial charge in [0.2, 0.25) is 0 Å². The summed E-state index contributed by atoms with van der Waals surface area (Å²) in [4.78, 5) is 14.1. The number of carboxylic acid groups (broad SMARTS) is 1. The number of aryl methyl sites for hydroxylation is 1. The van der Waals surface area contributed by atoms with Gasteiger partial charge in [0.15, 0.2) is 5.76 Å². The van der Waals surface area contributed by atoms with Crippen molar-refractivity contribution in [3.05, 3.63) is 41.7 Å². The van der Waals surface area contributed by atoms with Gasteiger partial charge in [-0.25, -0.2) is 0 Å². The number of aromatic amines is 1. The summed E-state index contributed by atoms with van der Waals surface area (Å²) in [6.45, 7) is 1.75. The lowest BCUT2D eigenvalue weighted by Crippen LogP contribution is -2.01. The predicted molar refractivity (Wildman–Crippen MR) is 69.9 cm³/mol. The molecule has 0 amide bonds. The third-order valence-corrected chi connectivity index (χ3v) is 3.15. The molecule has 0 saturated heterocycles. The normalized spacial score (nSPS) is 11.0. The molecule has 5 heteroatoms. The third kappa shape index (κ3) is 1.89. The van der Waals surface area contributed by atoms with Gasteiger partial charge in [0.1, 0.15) is 0 Å². The Morgan fingerprint density at radius 1 is 1.42 bits per heavy atom. The highest BCUT2D eigenvalue weighted by atomic mass is 16.5. The first kappa shape index (κ1) is 11.5. The van der Waals surface area contributed by atoms with E-state index >= 15 is 0 Å². The number of nitrogens with one attached hydrogen (secondary N) is 1. The van der Waals surface area contributed by atoms with E-state index in [1.54, 1.807) is 6.92 Å². The SMILES string of the molecule is Cc1noc(-c2c[nH]c3ccccc23)c1CC(=O)O. The summed E-state index contributed by atoms with van der Waals surface area (Å²) < 4.78 is 5.32. The van der Waals surface area contributed by atoms with Crippen molar-refractivity contribution < 1.29 is 14.4 Å². The molecule has 0 bridgehead atoms. The lowest BCUT2D eigenvalue weighted by atomic mass is 10.0. The minimum absolute atomic E-state index is 0.0931. The fraction of sp³-hybridized carbons (Fsp3) is 0.143. The zero-order valence-electron chi connectivity index (χ0n) is 10.3. The van der Waals surface area contributed by atoms with Crippen molar-refractivity contribution in [2.24, 2.45) is 0 Å². The van der Waals surface area contributed by atoms with Crippen LogP contribution in [0.3, 0.4) is 0 Å². The van der Waals surface area contributed by atoms with E-state index in [4.69, 9.17) is 9.63 Å². The monoisotopic (exact) mass is 256 g/mol. The third-order valence-electron chi connectivity index (χ3n) is 3.15. The van der Waals surface area contributed by atoms with E-state index in [1.165, 1.54) is 0 Å². The molecule has 96 valence electrons. The number of nitrogens with zero attached hydrogens (tertiary/aromatic N) is 1. The maximum absolute atomic E-state index is 10.9. The average Bonchev–Trinajstić information content (AvgIpc) is 2.94. The van der Waals surface area contributed by atoms with E-state index in [-0.39, 0.29) is 6.42 Å². The zero-order chi connectivity index (χ0) is 13.4. The lowest BCUT2D eigenvalue weighted by Gasteiger charge is -1.98. The summed E-state index contributed by atoms with van der Waals surface area (Å²) in [6, 6.07) is 7.79. The Labute approximate surface area is 108 Å². The second-order valence-corrected chi connectivity index (χ2v) is 4.39. The van der Waals surface area contributed by atoms with Crippen LogP contribution in [0.15, 0.2) is 35.0 Å². The standard InChI is InChI=1S/C14H12N2O3/c1-8-10(6-13(17)18)14(19-16-8)11-7-15-12-5-3-2-4-9(11)12/h2-5,7,15H,6H2,1H3,(H,17,18). The molecule has 0 fully saturated rings. The molecule has 2 heterocycles. The average molecular weight is 256 g/mol. The molecule has 2 N–H and O–H groups in total. The summed E-state index contributed by atoms with van der Waals surface area (Å²) >= 11 is 0. The Balaban J connectivity index is 2.19. The summed E-state index contributed by atoms with van der Waals surface area (Å²) in [5.41, 5.74) is 3.06. The Morgan fingerprint density at radius 2 is 2.21 bits per heavy atom. The highest BCUT2D eigenvalue weighted by Crippen LogP contribution is 2.32. The molecule has 0 unspecified atom stereocenters. The van der Waals surface area contributed by atoms with Gasteiger partial charge in [-0.1, -0.05) is 23.4 Å². The number of fused-ring (bicyclic) bond motifs is 1. The largest absolute Gasteiger partial charge is 0.481 e. The second kappa shape index (κ2) is 4.28. The first-order valence-corrected chi connectivity index (χ1v) is 5.90. The lowest BCUT2D eigenvalue weighted by molar-refractivity contribution is -0.136. The number of rotatable bonds is 3. The molecule has 3 rings (SSSR count). The van der Waals surface area contributed by atoms with Gasteiger partial charge >= 0.3 is 5.97 Å². The second-order valence-electron chi connectivity index (χ2n) is 4.39. The van der Waals surface area contributed by atoms with Crippen molar-refractivity contribution in [1.82, 2.24) is 10.1 Å². The summed E-state index contributed by atoms with van der Waals surface area (Å²) in [6.07, 6.45) is 1.72. The molecule has 0 spiro atoms. The number of hydrogen-bond acceptors (Lipinski definition) is 3. The molecule has 0 radical (unpaired) electrons. The van der Waals surface area contributed by atoms with Crippen LogP contribution >= 0.6 is 0 Å². The molecular weight excluding hydrogens is 244 g/mol. The Bertz CT molecular complexity index is 755. The molecule has 5 nitrogen and oxygen atoms in total. The highest BCUT2D eigenvalue weighted by Gasteiger charge is 2.19. The predicted octanol–water partition coefficient (Wildman–Crippen LogP) is 2.76. The van der Waals surface area contributed by atoms with Crippen LogP contribution in [0.4, 0.5) is 0 Å². The van der Waals surface area contributed by atoms with E-state index < -0.39 is 5.97 Å². The fourth-order valence-corrected chi connectivity index (χ4v) is 2.22. The van der Waals surface area contributed by atoms with Crippen molar-refractivity contribution >= 4 is 16.9 Å². The number of aromatic nitrogens is 2. The molecule has 19 heavy (non-hydrogen) atoms. The molecule has 2 aromatic heterocycles. The van der Waals surface area contributed by atoms with Gasteiger partial charge in [-0.3, -0.25) is 4.79 Å². The topological polar surface area (TPSA) is 79.1 Å². The van der Waals surface area contributed by atoms with Crippen LogP contribution in [0.2, 0.25) is 0 Å². The van der Waals surface area contributed by atoms with Crippen molar-refractivity contribution in [3.63, 3.8) is 0 Å². The first-order chi connectivity index (χ1) is 9.16. The van der Waals surface area contributed by atoms with Crippen LogP contribution in [0, 0.1) is 6.92 Å². The van der Waals surface area contributed by atoms with Crippen LogP contribution in [0.1, 0.15) is 11.3 Å². The van der Waals surface area contributed by atoms with Gasteiger partial charge in [0.25, 0.3) is 0 Å². The number of H-pyrrole nitrogens is 1. The van der Waals surface area contributed by atoms with Gasteiger partial charge in [-0.05, 0) is 13.0 Å². The summed E-state index contributed by atoms with van der Waals surface area (Å²) in [5, 5.41) is 13.8. The quantitative estimate of drug-likeness (QED) is 0.755. The molecule has 3 aromatic rings. The molecule has 0 saturated carbocycles. The Morgan fingerprint density at radius 3 is 3.00 bits per heavy atom. The van der Waals surface area contributed by atoms with Crippen molar-refractivity contribution in [2.45, 2.75) is 13.3 Å². The Kier molecular flexibility index (Phi) is 2.59. The summed E-state index contributed by atoms with van der Waals surface area (Å²) in [5.74, 6) is -0.371. The number of aliphatic carboxylic acids is 1. The van der Waals surface area contributed by atoms with Gasteiger partial charge in [0.05, 0.1) is 12.1 Å². The van der Waals surface area contributed by atoms with Gasteiger partial charge in [-0.2, -0.15) is 0 Å². The van der Waals surface area contributed by atoms with E-state index in [0.717, 1.165) is 16.5 Å². The maximum atomic E-state index is 10.9. The van der Waals surface area contributed by atoms with Crippen LogP contribution in [-0.4, -0.2) is 21.2 Å². The summed E-state index contributed by atoms with van der Waals surface area (Å²) in [7, 11) is 0. The van der Waals surface area contributed by atoms with Gasteiger partial charge < -0.3 is 14.6 Å². The highest BCUT2D eigenvalue weighted by molar-refractivity contribution is 5.95. The van der Waals surface area contributed by atoms with Crippen LogP contribution in [0.25, 0.3) is 22.2 Å². The number of carboxylic acids is 1. The van der Waals surface area contributed by atoms with E-state index in [1.807, 2.05) is 30.5 Å². The molecule has 0 atom stereocenters. The molecule has 0 aliphatic rings. The van der Waals surface area contributed by atoms with E-state index in [0.29, 0.717) is 17.0 Å².